The predicted octanol–water partition coefficient (Wildman–Crippen LogP) is 2.96. The zero-order valence-corrected chi connectivity index (χ0v) is 17.6. The van der Waals surface area contributed by atoms with E-state index in [1.165, 1.54) is 0 Å². The lowest BCUT2D eigenvalue weighted by Crippen LogP contribution is -2.32. The number of hydrogen-bond donors (Lipinski definition) is 0. The third-order valence-corrected chi connectivity index (χ3v) is 6.34. The molecule has 0 amide bonds. The molecule has 2 rings (SSSR count). The van der Waals surface area contributed by atoms with Crippen LogP contribution in [0.3, 0.4) is 0 Å². The average Bonchev–Trinajstić information content (AvgIpc) is 2.60. The maximum Gasteiger partial charge on any atom is 0.534 e. The summed E-state index contributed by atoms with van der Waals surface area (Å²) >= 11 is 0. The van der Waals surface area contributed by atoms with Gasteiger partial charge in [0.25, 0.3) is 0 Å². The van der Waals surface area contributed by atoms with E-state index in [2.05, 4.69) is 8.37 Å². The van der Waals surface area contributed by atoms with Gasteiger partial charge in [0.2, 0.25) is 0 Å². The maximum atomic E-state index is 12.8. The second kappa shape index (κ2) is 8.54. The van der Waals surface area contributed by atoms with Crippen LogP contribution in [0.5, 0.6) is 17.2 Å². The van der Waals surface area contributed by atoms with E-state index in [4.69, 9.17) is 4.74 Å². The van der Waals surface area contributed by atoms with Gasteiger partial charge in [-0.2, -0.15) is 43.2 Å². The smallest absolute Gasteiger partial charge is 0.496 e. The van der Waals surface area contributed by atoms with Crippen LogP contribution in [0.1, 0.15) is 24.3 Å². The molecule has 1 aromatic rings. The largest absolute Gasteiger partial charge is 0.534 e. The van der Waals surface area contributed by atoms with E-state index < -0.39 is 60.0 Å². The number of piperidine rings is 1. The number of rotatable bonds is 6. The molecule has 0 atom stereocenters. The van der Waals surface area contributed by atoms with E-state index >= 15 is 0 Å². The van der Waals surface area contributed by atoms with Crippen molar-refractivity contribution in [3.05, 3.63) is 17.7 Å². The highest BCUT2D eigenvalue weighted by molar-refractivity contribution is 7.88. The van der Waals surface area contributed by atoms with E-state index in [1.54, 1.807) is 11.9 Å². The van der Waals surface area contributed by atoms with Crippen molar-refractivity contribution in [1.29, 1.82) is 0 Å². The van der Waals surface area contributed by atoms with E-state index in [1.807, 2.05) is 0 Å². The van der Waals surface area contributed by atoms with Gasteiger partial charge in [0.1, 0.15) is 5.75 Å². The highest BCUT2D eigenvalue weighted by atomic mass is 32.2. The molecule has 1 aliphatic heterocycles. The Morgan fingerprint density at radius 2 is 1.26 bits per heavy atom. The molecule has 31 heavy (non-hydrogen) atoms. The number of hydrogen-bond acceptors (Lipinski definition) is 8. The van der Waals surface area contributed by atoms with Gasteiger partial charge in [-0.15, -0.1) is 0 Å². The van der Waals surface area contributed by atoms with Crippen LogP contribution < -0.4 is 13.1 Å². The first kappa shape index (κ1) is 25.3. The van der Waals surface area contributed by atoms with E-state index in [9.17, 15) is 43.2 Å². The molecule has 0 N–H and O–H groups in total. The summed E-state index contributed by atoms with van der Waals surface area (Å²) in [6, 6.07) is 1.40. The van der Waals surface area contributed by atoms with Crippen LogP contribution in [-0.4, -0.2) is 60.0 Å². The monoisotopic (exact) mass is 501 g/mol. The van der Waals surface area contributed by atoms with Gasteiger partial charge in [-0.3, -0.25) is 0 Å². The first-order chi connectivity index (χ1) is 14.0. The van der Waals surface area contributed by atoms with Gasteiger partial charge in [0, 0.05) is 17.7 Å². The van der Waals surface area contributed by atoms with Crippen LogP contribution >= 0.6 is 0 Å². The first-order valence-corrected chi connectivity index (χ1v) is 11.2. The number of methoxy groups -OCH3 is 1. The minimum atomic E-state index is -6.23. The quantitative estimate of drug-likeness (QED) is 0.333. The Balaban J connectivity index is 2.70. The van der Waals surface area contributed by atoms with E-state index in [0.717, 1.165) is 7.11 Å². The Morgan fingerprint density at radius 3 is 1.58 bits per heavy atom. The number of halogens is 6. The molecule has 0 spiro atoms. The molecule has 1 saturated heterocycles. The Hall–Kier alpha value is -1.94. The Morgan fingerprint density at radius 1 is 0.871 bits per heavy atom. The normalized spacial score (nSPS) is 17.4. The third kappa shape index (κ3) is 5.65. The predicted molar refractivity (Wildman–Crippen MR) is 93.7 cm³/mol. The van der Waals surface area contributed by atoms with Crippen LogP contribution in [0.15, 0.2) is 12.1 Å². The molecule has 0 aliphatic carbocycles. The lowest BCUT2D eigenvalue weighted by molar-refractivity contribution is -0.0502. The number of ether oxygens (including phenoxy) is 1. The first-order valence-electron chi connectivity index (χ1n) is 8.40. The minimum Gasteiger partial charge on any atom is -0.496 e. The van der Waals surface area contributed by atoms with Crippen molar-refractivity contribution in [1.82, 2.24) is 4.90 Å². The standard InChI is InChI=1S/C15H17F6NO7S2/c1-22-5-3-9(4-6-22)13-11(28-30(23,24)14(16,17)18)7-10(27-2)8-12(13)29-31(25,26)15(19,20)21/h7-9H,3-6H2,1-2H3. The molecule has 1 aliphatic rings. The van der Waals surface area contributed by atoms with E-state index in [-0.39, 0.29) is 12.8 Å². The molecular formula is C15H17F6NO7S2. The number of nitrogens with zero attached hydrogens (tertiary/aromatic N) is 1. The fourth-order valence-electron chi connectivity index (χ4n) is 2.86. The summed E-state index contributed by atoms with van der Waals surface area (Å²) in [6.45, 7) is 0.682. The van der Waals surface area contributed by atoms with Crippen molar-refractivity contribution in [3.63, 3.8) is 0 Å². The lowest BCUT2D eigenvalue weighted by atomic mass is 9.88. The zero-order chi connectivity index (χ0) is 23.8. The van der Waals surface area contributed by atoms with Gasteiger partial charge in [-0.1, -0.05) is 0 Å². The SMILES string of the molecule is COc1cc(OS(=O)(=O)C(F)(F)F)c(C2CCN(C)CC2)c(OS(=O)(=O)C(F)(F)F)c1. The summed E-state index contributed by atoms with van der Waals surface area (Å²) in [5, 5.41) is 0. The molecule has 1 fully saturated rings. The van der Waals surface area contributed by atoms with Crippen LogP contribution in [0.4, 0.5) is 26.3 Å². The molecule has 0 aromatic heterocycles. The fraction of sp³-hybridized carbons (Fsp3) is 0.600. The second-order valence-corrected chi connectivity index (χ2v) is 9.66. The maximum absolute atomic E-state index is 12.8. The molecule has 8 nitrogen and oxygen atoms in total. The van der Waals surface area contributed by atoms with Gasteiger partial charge in [-0.25, -0.2) is 0 Å². The van der Waals surface area contributed by atoms with E-state index in [0.29, 0.717) is 25.2 Å². The molecule has 1 heterocycles. The van der Waals surface area contributed by atoms with Gasteiger partial charge in [-0.05, 0) is 38.9 Å². The van der Waals surface area contributed by atoms with Crippen LogP contribution in [0.2, 0.25) is 0 Å². The van der Waals surface area contributed by atoms with Gasteiger partial charge in [0.05, 0.1) is 7.11 Å². The molecule has 1 aromatic carbocycles. The molecule has 178 valence electrons. The lowest BCUT2D eigenvalue weighted by Gasteiger charge is -2.31. The van der Waals surface area contributed by atoms with Crippen molar-refractivity contribution in [2.24, 2.45) is 0 Å². The summed E-state index contributed by atoms with van der Waals surface area (Å²) in [5.74, 6) is -3.44. The minimum absolute atomic E-state index is 0.147. The van der Waals surface area contributed by atoms with Crippen LogP contribution in [-0.2, 0) is 20.2 Å². The summed E-state index contributed by atoms with van der Waals surface area (Å²) in [7, 11) is -9.78. The highest BCUT2D eigenvalue weighted by Crippen LogP contribution is 2.46. The third-order valence-electron chi connectivity index (χ3n) is 4.41. The Bertz CT molecular complexity index is 946. The van der Waals surface area contributed by atoms with Crippen molar-refractivity contribution >= 4 is 20.2 Å². The topological polar surface area (TPSA) is 99.2 Å². The van der Waals surface area contributed by atoms with Crippen molar-refractivity contribution < 1.29 is 56.3 Å². The molecule has 0 saturated carbocycles. The Labute approximate surface area is 173 Å². The second-order valence-electron chi connectivity index (χ2n) is 6.58. The highest BCUT2D eigenvalue weighted by Gasteiger charge is 2.51. The number of likely N-dealkylation sites (tertiary alicyclic amines) is 1. The van der Waals surface area contributed by atoms with Crippen LogP contribution in [0, 0.1) is 0 Å². The van der Waals surface area contributed by atoms with Gasteiger partial charge in [0.15, 0.2) is 11.5 Å². The molecule has 0 unspecified atom stereocenters. The van der Waals surface area contributed by atoms with Crippen molar-refractivity contribution in [2.75, 3.05) is 27.2 Å². The summed E-state index contributed by atoms with van der Waals surface area (Å²) < 4.78 is 136. The van der Waals surface area contributed by atoms with Gasteiger partial charge < -0.3 is 18.0 Å². The molecule has 0 radical (unpaired) electrons. The van der Waals surface area contributed by atoms with Crippen molar-refractivity contribution in [3.8, 4) is 17.2 Å². The fourth-order valence-corrected chi connectivity index (χ4v) is 3.80. The number of benzene rings is 1. The summed E-state index contributed by atoms with van der Waals surface area (Å²) in [6.07, 6.45) is 0.293. The summed E-state index contributed by atoms with van der Waals surface area (Å²) in [5.41, 5.74) is -12.3. The van der Waals surface area contributed by atoms with Crippen molar-refractivity contribution in [2.45, 2.75) is 29.8 Å². The Kier molecular flexibility index (Phi) is 6.97. The van der Waals surface area contributed by atoms with Crippen LogP contribution in [0.25, 0.3) is 0 Å². The summed E-state index contributed by atoms with van der Waals surface area (Å²) in [4.78, 5) is 1.81. The molecular weight excluding hydrogens is 484 g/mol. The molecule has 0 bridgehead atoms. The number of alkyl halides is 6. The zero-order valence-electron chi connectivity index (χ0n) is 15.9. The van der Waals surface area contributed by atoms with Gasteiger partial charge >= 0.3 is 31.3 Å². The molecule has 16 heteroatoms. The average molecular weight is 501 g/mol.